The summed E-state index contributed by atoms with van der Waals surface area (Å²) < 4.78 is 29.5. The Morgan fingerprint density at radius 1 is 1.12 bits per heavy atom. The summed E-state index contributed by atoms with van der Waals surface area (Å²) in [6.45, 7) is 1.54. The molecule has 1 atom stereocenters. The van der Waals surface area contributed by atoms with E-state index in [2.05, 4.69) is 10.8 Å². The Kier molecular flexibility index (Phi) is 6.37. The summed E-state index contributed by atoms with van der Waals surface area (Å²) in [7, 11) is -3.89. The summed E-state index contributed by atoms with van der Waals surface area (Å²) in [5.74, 6) is -0.475. The van der Waals surface area contributed by atoms with E-state index < -0.39 is 16.1 Å². The average Bonchev–Trinajstić information content (AvgIpc) is 3.25. The molecule has 10 heteroatoms. The van der Waals surface area contributed by atoms with E-state index in [1.54, 1.807) is 29.2 Å². The number of piperidine rings is 1. The number of amides is 2. The van der Waals surface area contributed by atoms with Gasteiger partial charge < -0.3 is 9.80 Å². The molecular formula is C24H24ClN3O4S2. The fourth-order valence-corrected chi connectivity index (χ4v) is 7.45. The third-order valence-electron chi connectivity index (χ3n) is 6.36. The summed E-state index contributed by atoms with van der Waals surface area (Å²) in [6.07, 6.45) is 1.81. The molecule has 2 aliphatic rings. The molecular weight excluding hydrogens is 494 g/mol. The highest BCUT2D eigenvalue weighted by atomic mass is 35.5. The molecule has 0 saturated carbocycles. The van der Waals surface area contributed by atoms with Crippen LogP contribution in [0.2, 0.25) is 5.02 Å². The van der Waals surface area contributed by atoms with Crippen molar-refractivity contribution in [1.29, 1.82) is 0 Å². The number of hydrogen-bond donors (Lipinski definition) is 1. The number of rotatable bonds is 5. The number of halogens is 1. The second-order valence-corrected chi connectivity index (χ2v) is 12.1. The van der Waals surface area contributed by atoms with Crippen molar-refractivity contribution in [2.24, 2.45) is 0 Å². The van der Waals surface area contributed by atoms with Gasteiger partial charge in [-0.15, -0.1) is 11.3 Å². The Bertz CT molecular complexity index is 1370. The van der Waals surface area contributed by atoms with Crippen molar-refractivity contribution in [2.45, 2.75) is 36.1 Å². The minimum atomic E-state index is -3.89. The Hall–Kier alpha value is -2.46. The van der Waals surface area contributed by atoms with Gasteiger partial charge in [0.25, 0.3) is 10.0 Å². The molecule has 178 valence electrons. The van der Waals surface area contributed by atoms with Gasteiger partial charge in [-0.25, -0.2) is 8.42 Å². The summed E-state index contributed by atoms with van der Waals surface area (Å²) in [5, 5.41) is 1.31. The molecule has 7 nitrogen and oxygen atoms in total. The lowest BCUT2D eigenvalue weighted by molar-refractivity contribution is -0.143. The van der Waals surface area contributed by atoms with Crippen LogP contribution in [0.4, 0.5) is 0 Å². The van der Waals surface area contributed by atoms with Gasteiger partial charge in [0.05, 0.1) is 6.54 Å². The van der Waals surface area contributed by atoms with Crippen molar-refractivity contribution < 1.29 is 18.0 Å². The standard InChI is InChI=1S/C24H24ClN3O4S2/c25-19-8-7-17-12-23(33-21(17)13-19)34(31,32)26-20-6-3-10-28(24(20)30)15-22(29)27-11-9-16-4-1-2-5-18(16)14-27/h1-2,4-5,7-8,12-13,20,26H,3,6,9-11,14-15H2. The number of sulfonamides is 1. The summed E-state index contributed by atoms with van der Waals surface area (Å²) in [4.78, 5) is 29.3. The zero-order valence-corrected chi connectivity index (χ0v) is 20.8. The number of benzene rings is 2. The molecule has 1 N–H and O–H groups in total. The van der Waals surface area contributed by atoms with Gasteiger partial charge in [-0.3, -0.25) is 9.59 Å². The first-order chi connectivity index (χ1) is 16.3. The maximum Gasteiger partial charge on any atom is 0.250 e. The van der Waals surface area contributed by atoms with E-state index in [4.69, 9.17) is 11.6 Å². The van der Waals surface area contributed by atoms with Gasteiger partial charge in [0.2, 0.25) is 11.8 Å². The van der Waals surface area contributed by atoms with Crippen LogP contribution in [0.1, 0.15) is 24.0 Å². The normalized spacial score (nSPS) is 18.9. The number of nitrogens with one attached hydrogen (secondary N) is 1. The van der Waals surface area contributed by atoms with Crippen LogP contribution in [0.25, 0.3) is 10.1 Å². The maximum atomic E-state index is 13.1. The fraction of sp³-hybridized carbons (Fsp3) is 0.333. The number of thiophene rings is 1. The smallest absolute Gasteiger partial charge is 0.250 e. The quantitative estimate of drug-likeness (QED) is 0.562. The third kappa shape index (κ3) is 4.70. The molecule has 0 aliphatic carbocycles. The highest BCUT2D eigenvalue weighted by Crippen LogP contribution is 2.31. The van der Waals surface area contributed by atoms with E-state index in [9.17, 15) is 18.0 Å². The van der Waals surface area contributed by atoms with Crippen LogP contribution in [0.3, 0.4) is 0 Å². The molecule has 1 saturated heterocycles. The van der Waals surface area contributed by atoms with Gasteiger partial charge >= 0.3 is 0 Å². The Morgan fingerprint density at radius 2 is 1.91 bits per heavy atom. The Morgan fingerprint density at radius 3 is 2.74 bits per heavy atom. The number of nitrogens with zero attached hydrogens (tertiary/aromatic N) is 2. The van der Waals surface area contributed by atoms with Crippen LogP contribution < -0.4 is 4.72 Å². The summed E-state index contributed by atoms with van der Waals surface area (Å²) in [5.41, 5.74) is 2.38. The average molecular weight is 518 g/mol. The van der Waals surface area contributed by atoms with Crippen LogP contribution in [0, 0.1) is 0 Å². The van der Waals surface area contributed by atoms with Gasteiger partial charge in [-0.2, -0.15) is 4.72 Å². The SMILES string of the molecule is O=C(CN1CCCC(NS(=O)(=O)c2cc3ccc(Cl)cc3s2)C1=O)N1CCc2ccccc2C1. The van der Waals surface area contributed by atoms with Gasteiger partial charge in [0.15, 0.2) is 0 Å². The van der Waals surface area contributed by atoms with E-state index >= 15 is 0 Å². The molecule has 1 aromatic heterocycles. The van der Waals surface area contributed by atoms with Gasteiger partial charge in [-0.05, 0) is 54.0 Å². The largest absolute Gasteiger partial charge is 0.336 e. The molecule has 0 spiro atoms. The molecule has 3 heterocycles. The van der Waals surface area contributed by atoms with Crippen LogP contribution in [0.15, 0.2) is 52.7 Å². The third-order valence-corrected chi connectivity index (χ3v) is 9.64. The molecule has 2 aliphatic heterocycles. The molecule has 34 heavy (non-hydrogen) atoms. The maximum absolute atomic E-state index is 13.1. The number of carbonyl (C=O) groups is 2. The van der Waals surface area contributed by atoms with Gasteiger partial charge in [-0.1, -0.05) is 41.9 Å². The van der Waals surface area contributed by atoms with E-state index in [1.165, 1.54) is 10.5 Å². The first-order valence-corrected chi connectivity index (χ1v) is 13.8. The molecule has 0 radical (unpaired) electrons. The molecule has 5 rings (SSSR count). The number of likely N-dealkylation sites (tertiary alicyclic amines) is 1. The van der Waals surface area contributed by atoms with E-state index in [1.807, 2.05) is 18.2 Å². The summed E-state index contributed by atoms with van der Waals surface area (Å²) >= 11 is 7.13. The number of hydrogen-bond acceptors (Lipinski definition) is 5. The van der Waals surface area contributed by atoms with Crippen LogP contribution in [-0.4, -0.2) is 55.7 Å². The highest BCUT2D eigenvalue weighted by molar-refractivity contribution is 7.91. The Balaban J connectivity index is 1.25. The van der Waals surface area contributed by atoms with Crippen molar-refractivity contribution in [3.05, 3.63) is 64.7 Å². The molecule has 0 bridgehead atoms. The molecule has 2 aromatic carbocycles. The number of carbonyl (C=O) groups excluding carboxylic acids is 2. The zero-order chi connectivity index (χ0) is 23.9. The predicted molar refractivity (Wildman–Crippen MR) is 132 cm³/mol. The summed E-state index contributed by atoms with van der Waals surface area (Å²) in [6, 6.07) is 14.0. The van der Waals surface area contributed by atoms with Crippen molar-refractivity contribution in [3.8, 4) is 0 Å². The lowest BCUT2D eigenvalue weighted by Crippen LogP contribution is -2.54. The minimum Gasteiger partial charge on any atom is -0.336 e. The van der Waals surface area contributed by atoms with Crippen LogP contribution >= 0.6 is 22.9 Å². The Labute approximate surface area is 207 Å². The van der Waals surface area contributed by atoms with Crippen molar-refractivity contribution in [1.82, 2.24) is 14.5 Å². The second-order valence-electron chi connectivity index (χ2n) is 8.66. The lowest BCUT2D eigenvalue weighted by atomic mass is 10.00. The van der Waals surface area contributed by atoms with Crippen molar-refractivity contribution >= 4 is 54.9 Å². The monoisotopic (exact) mass is 517 g/mol. The lowest BCUT2D eigenvalue weighted by Gasteiger charge is -2.35. The van der Waals surface area contributed by atoms with Crippen molar-refractivity contribution in [2.75, 3.05) is 19.6 Å². The second kappa shape index (κ2) is 9.30. The van der Waals surface area contributed by atoms with E-state index in [0.717, 1.165) is 33.4 Å². The molecule has 2 amide bonds. The fourth-order valence-electron chi connectivity index (χ4n) is 4.54. The highest BCUT2D eigenvalue weighted by Gasteiger charge is 2.34. The van der Waals surface area contributed by atoms with Crippen LogP contribution in [0.5, 0.6) is 0 Å². The predicted octanol–water partition coefficient (Wildman–Crippen LogP) is 3.41. The first kappa shape index (κ1) is 23.3. The van der Waals surface area contributed by atoms with Crippen molar-refractivity contribution in [3.63, 3.8) is 0 Å². The number of fused-ring (bicyclic) bond motifs is 2. The minimum absolute atomic E-state index is 0.0411. The van der Waals surface area contributed by atoms with Gasteiger partial charge in [0.1, 0.15) is 10.3 Å². The first-order valence-electron chi connectivity index (χ1n) is 11.1. The molecule has 3 aromatic rings. The zero-order valence-electron chi connectivity index (χ0n) is 18.4. The van der Waals surface area contributed by atoms with E-state index in [0.29, 0.717) is 37.5 Å². The van der Waals surface area contributed by atoms with Gasteiger partial charge in [0, 0.05) is 29.4 Å². The van der Waals surface area contributed by atoms with Crippen LogP contribution in [-0.2, 0) is 32.6 Å². The topological polar surface area (TPSA) is 86.8 Å². The van der Waals surface area contributed by atoms with E-state index in [-0.39, 0.29) is 22.6 Å². The molecule has 1 unspecified atom stereocenters. The molecule has 1 fully saturated rings.